The van der Waals surface area contributed by atoms with E-state index in [-0.39, 0.29) is 29.4 Å². The molecule has 2 fully saturated rings. The molecule has 4 nitrogen and oxygen atoms in total. The summed E-state index contributed by atoms with van der Waals surface area (Å²) in [7, 11) is -2.96. The zero-order chi connectivity index (χ0) is 14.3. The van der Waals surface area contributed by atoms with Crippen LogP contribution in [0.1, 0.15) is 5.56 Å². The van der Waals surface area contributed by atoms with Gasteiger partial charge in [0.2, 0.25) is 0 Å². The second-order valence-corrected chi connectivity index (χ2v) is 7.81. The number of hydrogen-bond donors (Lipinski definition) is 1. The van der Waals surface area contributed by atoms with Gasteiger partial charge in [0.1, 0.15) is 5.82 Å². The first-order chi connectivity index (χ1) is 9.44. The number of fused-ring (bicyclic) bond motifs is 1. The minimum atomic E-state index is -2.96. The SMILES string of the molecule is O=S1(=O)C[C@@H]2NC(=S)N(CCc3ccc(F)cc3)[C@H]2C1. The third-order valence-corrected chi connectivity index (χ3v) is 5.92. The van der Waals surface area contributed by atoms with Gasteiger partial charge >= 0.3 is 0 Å². The van der Waals surface area contributed by atoms with Crippen LogP contribution in [0.3, 0.4) is 0 Å². The Bertz CT molecular complexity index is 630. The Balaban J connectivity index is 1.67. The Hall–Kier alpha value is -1.21. The van der Waals surface area contributed by atoms with Gasteiger partial charge in [0, 0.05) is 6.54 Å². The molecular weight excluding hydrogens is 299 g/mol. The van der Waals surface area contributed by atoms with Gasteiger partial charge in [-0.25, -0.2) is 12.8 Å². The van der Waals surface area contributed by atoms with Crippen LogP contribution in [-0.2, 0) is 16.3 Å². The normalized spacial score (nSPS) is 27.4. The first kappa shape index (κ1) is 13.8. The molecular formula is C13H15FN2O2S2. The van der Waals surface area contributed by atoms with E-state index in [2.05, 4.69) is 5.32 Å². The molecule has 2 aliphatic rings. The summed E-state index contributed by atoms with van der Waals surface area (Å²) in [6.45, 7) is 0.647. The highest BCUT2D eigenvalue weighted by atomic mass is 32.2. The Kier molecular flexibility index (Phi) is 3.41. The summed E-state index contributed by atoms with van der Waals surface area (Å²) in [4.78, 5) is 1.95. The van der Waals surface area contributed by atoms with Gasteiger partial charge in [0.05, 0.1) is 23.6 Å². The number of benzene rings is 1. The predicted octanol–water partition coefficient (Wildman–Crippen LogP) is 0.724. The molecule has 0 spiro atoms. The van der Waals surface area contributed by atoms with Crippen LogP contribution >= 0.6 is 12.2 Å². The molecule has 108 valence electrons. The van der Waals surface area contributed by atoms with Crippen LogP contribution in [0.15, 0.2) is 24.3 Å². The number of nitrogens with zero attached hydrogens (tertiary/aromatic N) is 1. The predicted molar refractivity (Wildman–Crippen MR) is 78.8 cm³/mol. The summed E-state index contributed by atoms with van der Waals surface area (Å²) < 4.78 is 36.2. The Morgan fingerprint density at radius 2 is 2.00 bits per heavy atom. The minimum absolute atomic E-state index is 0.0621. The molecule has 2 saturated heterocycles. The van der Waals surface area contributed by atoms with Crippen molar-refractivity contribution in [2.45, 2.75) is 18.5 Å². The van der Waals surface area contributed by atoms with Crippen molar-refractivity contribution in [1.82, 2.24) is 10.2 Å². The molecule has 1 N–H and O–H groups in total. The third kappa shape index (κ3) is 2.64. The maximum Gasteiger partial charge on any atom is 0.169 e. The van der Waals surface area contributed by atoms with Crippen LogP contribution in [0.25, 0.3) is 0 Å². The van der Waals surface area contributed by atoms with Gasteiger partial charge in [0.25, 0.3) is 0 Å². The molecule has 2 heterocycles. The second-order valence-electron chi connectivity index (χ2n) is 5.27. The number of sulfone groups is 1. The van der Waals surface area contributed by atoms with Gasteiger partial charge in [-0.3, -0.25) is 0 Å². The van der Waals surface area contributed by atoms with Gasteiger partial charge in [-0.2, -0.15) is 0 Å². The topological polar surface area (TPSA) is 49.4 Å². The van der Waals surface area contributed by atoms with Gasteiger partial charge in [-0.1, -0.05) is 12.1 Å². The van der Waals surface area contributed by atoms with Crippen LogP contribution in [0.4, 0.5) is 4.39 Å². The largest absolute Gasteiger partial charge is 0.357 e. The fourth-order valence-electron chi connectivity index (χ4n) is 2.83. The van der Waals surface area contributed by atoms with Gasteiger partial charge in [0.15, 0.2) is 14.9 Å². The van der Waals surface area contributed by atoms with Crippen LogP contribution in [0.2, 0.25) is 0 Å². The molecule has 0 amide bonds. The molecule has 1 aromatic rings. The lowest BCUT2D eigenvalue weighted by Crippen LogP contribution is -2.38. The highest BCUT2D eigenvalue weighted by molar-refractivity contribution is 7.91. The zero-order valence-corrected chi connectivity index (χ0v) is 12.4. The number of rotatable bonds is 3. The fraction of sp³-hybridized carbons (Fsp3) is 0.462. The summed E-state index contributed by atoms with van der Waals surface area (Å²) in [6.07, 6.45) is 0.714. The molecule has 0 saturated carbocycles. The summed E-state index contributed by atoms with van der Waals surface area (Å²) in [5.41, 5.74) is 1.01. The quantitative estimate of drug-likeness (QED) is 0.834. The van der Waals surface area contributed by atoms with E-state index in [1.54, 1.807) is 12.1 Å². The van der Waals surface area contributed by atoms with Crippen molar-refractivity contribution in [2.24, 2.45) is 0 Å². The van der Waals surface area contributed by atoms with Gasteiger partial charge < -0.3 is 10.2 Å². The van der Waals surface area contributed by atoms with Crippen molar-refractivity contribution < 1.29 is 12.8 Å². The van der Waals surface area contributed by atoms with Crippen molar-refractivity contribution >= 4 is 27.2 Å². The Labute approximate surface area is 122 Å². The Morgan fingerprint density at radius 3 is 2.70 bits per heavy atom. The number of hydrogen-bond acceptors (Lipinski definition) is 3. The van der Waals surface area contributed by atoms with Crippen molar-refractivity contribution in [3.63, 3.8) is 0 Å². The lowest BCUT2D eigenvalue weighted by atomic mass is 10.1. The molecule has 0 unspecified atom stereocenters. The molecule has 7 heteroatoms. The van der Waals surface area contributed by atoms with Gasteiger partial charge in [-0.15, -0.1) is 0 Å². The maximum absolute atomic E-state index is 12.8. The van der Waals surface area contributed by atoms with E-state index in [1.807, 2.05) is 4.90 Å². The fourth-order valence-corrected chi connectivity index (χ4v) is 5.13. The third-order valence-electron chi connectivity index (χ3n) is 3.85. The molecule has 0 bridgehead atoms. The maximum atomic E-state index is 12.8. The molecule has 2 aliphatic heterocycles. The average molecular weight is 314 g/mol. The first-order valence-corrected chi connectivity index (χ1v) is 8.69. The van der Waals surface area contributed by atoms with E-state index in [9.17, 15) is 12.8 Å². The molecule has 20 heavy (non-hydrogen) atoms. The second kappa shape index (κ2) is 4.96. The lowest BCUT2D eigenvalue weighted by molar-refractivity contribution is 0.358. The van der Waals surface area contributed by atoms with E-state index < -0.39 is 9.84 Å². The first-order valence-electron chi connectivity index (χ1n) is 6.47. The average Bonchev–Trinajstić information content (AvgIpc) is 2.80. The number of nitrogens with one attached hydrogen (secondary N) is 1. The van der Waals surface area contributed by atoms with Crippen molar-refractivity contribution in [2.75, 3.05) is 18.1 Å². The smallest absolute Gasteiger partial charge is 0.169 e. The minimum Gasteiger partial charge on any atom is -0.357 e. The van der Waals surface area contributed by atoms with E-state index >= 15 is 0 Å². The van der Waals surface area contributed by atoms with Gasteiger partial charge in [-0.05, 0) is 36.3 Å². The summed E-state index contributed by atoms with van der Waals surface area (Å²) in [5, 5.41) is 3.71. The Morgan fingerprint density at radius 1 is 1.30 bits per heavy atom. The summed E-state index contributed by atoms with van der Waals surface area (Å²) in [6, 6.07) is 6.20. The molecule has 0 aromatic heterocycles. The van der Waals surface area contributed by atoms with Crippen LogP contribution in [0, 0.1) is 5.82 Å². The van der Waals surface area contributed by atoms with E-state index in [4.69, 9.17) is 12.2 Å². The standard InChI is InChI=1S/C13H15FN2O2S2/c14-10-3-1-9(2-4-10)5-6-16-12-8-20(17,18)7-11(12)15-13(16)19/h1-4,11-12H,5-8H2,(H,15,19)/t11-,12-/m0/s1. The summed E-state index contributed by atoms with van der Waals surface area (Å²) >= 11 is 5.27. The van der Waals surface area contributed by atoms with E-state index in [0.29, 0.717) is 18.1 Å². The van der Waals surface area contributed by atoms with Crippen LogP contribution in [-0.4, -0.2) is 48.6 Å². The van der Waals surface area contributed by atoms with Crippen molar-refractivity contribution in [3.8, 4) is 0 Å². The highest BCUT2D eigenvalue weighted by Crippen LogP contribution is 2.24. The molecule has 3 rings (SSSR count). The molecule has 2 atom stereocenters. The van der Waals surface area contributed by atoms with Crippen molar-refractivity contribution in [3.05, 3.63) is 35.6 Å². The van der Waals surface area contributed by atoms with E-state index in [1.165, 1.54) is 12.1 Å². The van der Waals surface area contributed by atoms with Crippen LogP contribution < -0.4 is 5.32 Å². The molecule has 0 aliphatic carbocycles. The summed E-state index contributed by atoms with van der Waals surface area (Å²) in [5.74, 6) is 0.0630. The lowest BCUT2D eigenvalue weighted by Gasteiger charge is -2.23. The molecule has 1 aromatic carbocycles. The monoisotopic (exact) mass is 314 g/mol. The zero-order valence-electron chi connectivity index (χ0n) is 10.8. The number of thiocarbonyl (C=S) groups is 1. The van der Waals surface area contributed by atoms with Crippen LogP contribution in [0.5, 0.6) is 0 Å². The van der Waals surface area contributed by atoms with Crippen molar-refractivity contribution in [1.29, 1.82) is 0 Å². The molecule has 0 radical (unpaired) electrons. The highest BCUT2D eigenvalue weighted by Gasteiger charge is 2.46. The number of halogens is 1. The van der Waals surface area contributed by atoms with E-state index in [0.717, 1.165) is 5.56 Å².